The number of hydrogen-bond acceptors (Lipinski definition) is 4. The minimum absolute atomic E-state index is 0.0559. The smallest absolute Gasteiger partial charge is 0.326 e. The van der Waals surface area contributed by atoms with Crippen LogP contribution in [0.15, 0.2) is 18.2 Å². The zero-order valence-electron chi connectivity index (χ0n) is 13.4. The van der Waals surface area contributed by atoms with Gasteiger partial charge >= 0.3 is 5.97 Å². The number of carboxylic acids is 1. The number of aliphatic carboxylic acids is 1. The summed E-state index contributed by atoms with van der Waals surface area (Å²) in [4.78, 5) is 34.7. The number of hydrogen-bond donors (Lipinski definition) is 4. The van der Waals surface area contributed by atoms with Crippen LogP contribution in [0.25, 0.3) is 0 Å². The Hall–Kier alpha value is -2.57. The van der Waals surface area contributed by atoms with E-state index in [-0.39, 0.29) is 23.8 Å². The van der Waals surface area contributed by atoms with Crippen LogP contribution < -0.4 is 10.6 Å². The Morgan fingerprint density at radius 2 is 1.87 bits per heavy atom. The first-order chi connectivity index (χ1) is 10.7. The Balaban J connectivity index is 2.58. The molecule has 1 atom stereocenters. The van der Waals surface area contributed by atoms with Crippen LogP contribution in [0.4, 0.5) is 0 Å². The van der Waals surface area contributed by atoms with E-state index in [1.807, 2.05) is 13.8 Å². The number of phenolic OH excluding ortho intramolecular Hbond substituents is 1. The molecule has 4 N–H and O–H groups in total. The highest BCUT2D eigenvalue weighted by molar-refractivity contribution is 5.99. The number of nitrogens with one attached hydrogen (secondary N) is 2. The Kier molecular flexibility index (Phi) is 6.56. The van der Waals surface area contributed by atoms with Crippen molar-refractivity contribution in [1.82, 2.24) is 10.6 Å². The van der Waals surface area contributed by atoms with Crippen molar-refractivity contribution in [2.45, 2.75) is 33.2 Å². The van der Waals surface area contributed by atoms with Crippen LogP contribution in [0.1, 0.15) is 36.2 Å². The van der Waals surface area contributed by atoms with Gasteiger partial charge < -0.3 is 20.8 Å². The van der Waals surface area contributed by atoms with Gasteiger partial charge in [0.25, 0.3) is 5.91 Å². The van der Waals surface area contributed by atoms with Crippen LogP contribution in [0.2, 0.25) is 0 Å². The zero-order valence-corrected chi connectivity index (χ0v) is 13.4. The van der Waals surface area contributed by atoms with Gasteiger partial charge in [0.05, 0.1) is 12.1 Å². The maximum absolute atomic E-state index is 11.9. The Morgan fingerprint density at radius 1 is 1.22 bits per heavy atom. The molecule has 0 spiro atoms. The Labute approximate surface area is 134 Å². The summed E-state index contributed by atoms with van der Waals surface area (Å²) in [6.07, 6.45) is 0.299. The lowest BCUT2D eigenvalue weighted by Crippen LogP contribution is -2.46. The second-order valence-corrected chi connectivity index (χ2v) is 5.79. The van der Waals surface area contributed by atoms with Crippen molar-refractivity contribution in [1.29, 1.82) is 0 Å². The number of aryl methyl sites for hydroxylation is 1. The molecule has 126 valence electrons. The molecule has 0 bridgehead atoms. The molecule has 0 aromatic heterocycles. The quantitative estimate of drug-likeness (QED) is 0.599. The molecule has 1 rings (SSSR count). The summed E-state index contributed by atoms with van der Waals surface area (Å²) >= 11 is 0. The van der Waals surface area contributed by atoms with Crippen LogP contribution in [-0.4, -0.2) is 40.6 Å². The van der Waals surface area contributed by atoms with Crippen molar-refractivity contribution in [3.05, 3.63) is 29.3 Å². The molecule has 1 aromatic rings. The molecule has 0 unspecified atom stereocenters. The lowest BCUT2D eigenvalue weighted by atomic mass is 10.0. The van der Waals surface area contributed by atoms with Gasteiger partial charge in [0.15, 0.2) is 0 Å². The van der Waals surface area contributed by atoms with Gasteiger partial charge in [-0.3, -0.25) is 9.59 Å². The minimum Gasteiger partial charge on any atom is -0.507 e. The van der Waals surface area contributed by atoms with Crippen molar-refractivity contribution in [3.63, 3.8) is 0 Å². The number of carboxylic acid groups (broad SMARTS) is 1. The van der Waals surface area contributed by atoms with E-state index in [0.717, 1.165) is 5.56 Å². The van der Waals surface area contributed by atoms with Crippen molar-refractivity contribution in [2.24, 2.45) is 5.92 Å². The van der Waals surface area contributed by atoms with Crippen LogP contribution >= 0.6 is 0 Å². The third kappa shape index (κ3) is 5.98. The van der Waals surface area contributed by atoms with Gasteiger partial charge in [-0.1, -0.05) is 19.9 Å². The molecular weight excluding hydrogens is 300 g/mol. The molecule has 2 amide bonds. The number of amides is 2. The Morgan fingerprint density at radius 3 is 2.39 bits per heavy atom. The lowest BCUT2D eigenvalue weighted by Gasteiger charge is -2.16. The summed E-state index contributed by atoms with van der Waals surface area (Å²) < 4.78 is 0. The molecule has 0 aliphatic heterocycles. The molecule has 0 saturated heterocycles. The van der Waals surface area contributed by atoms with Gasteiger partial charge in [0.1, 0.15) is 11.8 Å². The van der Waals surface area contributed by atoms with E-state index in [0.29, 0.717) is 6.42 Å². The van der Waals surface area contributed by atoms with E-state index in [1.54, 1.807) is 13.0 Å². The predicted molar refractivity (Wildman–Crippen MR) is 84.2 cm³/mol. The number of benzene rings is 1. The first kappa shape index (κ1) is 18.5. The monoisotopic (exact) mass is 322 g/mol. The maximum atomic E-state index is 11.9. The van der Waals surface area contributed by atoms with E-state index in [1.165, 1.54) is 12.1 Å². The second-order valence-electron chi connectivity index (χ2n) is 5.79. The molecule has 0 saturated carbocycles. The maximum Gasteiger partial charge on any atom is 0.326 e. The molecule has 7 heteroatoms. The van der Waals surface area contributed by atoms with Crippen molar-refractivity contribution < 1.29 is 24.6 Å². The third-order valence-corrected chi connectivity index (χ3v) is 3.15. The predicted octanol–water partition coefficient (Wildman–Crippen LogP) is 1.05. The molecule has 0 radical (unpaired) electrons. The number of phenols is 1. The van der Waals surface area contributed by atoms with Crippen molar-refractivity contribution in [2.75, 3.05) is 6.54 Å². The lowest BCUT2D eigenvalue weighted by molar-refractivity contribution is -0.142. The van der Waals surface area contributed by atoms with Gasteiger partial charge in [-0.05, 0) is 37.0 Å². The first-order valence-corrected chi connectivity index (χ1v) is 7.30. The summed E-state index contributed by atoms with van der Waals surface area (Å²) in [6, 6.07) is 3.57. The molecule has 1 aromatic carbocycles. The van der Waals surface area contributed by atoms with E-state index in [9.17, 15) is 19.5 Å². The van der Waals surface area contributed by atoms with Gasteiger partial charge in [0.2, 0.25) is 5.91 Å². The summed E-state index contributed by atoms with van der Waals surface area (Å²) in [5.41, 5.74) is 0.857. The van der Waals surface area contributed by atoms with E-state index >= 15 is 0 Å². The molecule has 0 aliphatic rings. The first-order valence-electron chi connectivity index (χ1n) is 7.30. The third-order valence-electron chi connectivity index (χ3n) is 3.15. The van der Waals surface area contributed by atoms with E-state index in [4.69, 9.17) is 5.11 Å². The summed E-state index contributed by atoms with van der Waals surface area (Å²) in [5, 5.41) is 23.5. The Bertz CT molecular complexity index is 598. The van der Waals surface area contributed by atoms with Gasteiger partial charge in [-0.15, -0.1) is 0 Å². The highest BCUT2D eigenvalue weighted by atomic mass is 16.4. The van der Waals surface area contributed by atoms with Gasteiger partial charge in [-0.2, -0.15) is 0 Å². The number of carbonyl (C=O) groups excluding carboxylic acids is 2. The highest BCUT2D eigenvalue weighted by Crippen LogP contribution is 2.17. The van der Waals surface area contributed by atoms with Crippen LogP contribution in [-0.2, 0) is 9.59 Å². The average Bonchev–Trinajstić information content (AvgIpc) is 2.43. The number of aromatic hydroxyl groups is 1. The number of rotatable bonds is 7. The minimum atomic E-state index is -1.12. The van der Waals surface area contributed by atoms with Crippen LogP contribution in [0.5, 0.6) is 5.75 Å². The van der Waals surface area contributed by atoms with Crippen LogP contribution in [0.3, 0.4) is 0 Å². The highest BCUT2D eigenvalue weighted by Gasteiger charge is 2.21. The van der Waals surface area contributed by atoms with Crippen molar-refractivity contribution in [3.8, 4) is 5.75 Å². The van der Waals surface area contributed by atoms with Gasteiger partial charge in [0, 0.05) is 0 Å². The fourth-order valence-corrected chi connectivity index (χ4v) is 2.03. The molecule has 7 nitrogen and oxygen atoms in total. The zero-order chi connectivity index (χ0) is 17.6. The number of carbonyl (C=O) groups is 3. The largest absolute Gasteiger partial charge is 0.507 e. The molecule has 0 aliphatic carbocycles. The molecule has 0 heterocycles. The standard InChI is InChI=1S/C16H22N2O5/c1-9(2)6-12(16(22)23)18-14(20)8-17-15(21)11-5-4-10(3)7-13(11)19/h4-5,7,9,12,19H,6,8H2,1-3H3,(H,17,21)(H,18,20)(H,22,23)/t12-/m0/s1. The second kappa shape index (κ2) is 8.17. The fraction of sp³-hybridized carbons (Fsp3) is 0.438. The molecule has 0 fully saturated rings. The SMILES string of the molecule is Cc1ccc(C(=O)NCC(=O)N[C@@H](CC(C)C)C(=O)O)c(O)c1. The van der Waals surface area contributed by atoms with Gasteiger partial charge in [-0.25, -0.2) is 4.79 Å². The summed E-state index contributed by atoms with van der Waals surface area (Å²) in [5.74, 6) is -2.39. The summed E-state index contributed by atoms with van der Waals surface area (Å²) in [6.45, 7) is 5.11. The normalized spacial score (nSPS) is 11.8. The van der Waals surface area contributed by atoms with E-state index < -0.39 is 23.8 Å². The van der Waals surface area contributed by atoms with Crippen molar-refractivity contribution >= 4 is 17.8 Å². The topological polar surface area (TPSA) is 116 Å². The van der Waals surface area contributed by atoms with E-state index in [2.05, 4.69) is 10.6 Å². The fourth-order valence-electron chi connectivity index (χ4n) is 2.03. The summed E-state index contributed by atoms with van der Waals surface area (Å²) in [7, 11) is 0. The molecular formula is C16H22N2O5. The van der Waals surface area contributed by atoms with Crippen LogP contribution in [0, 0.1) is 12.8 Å². The molecule has 23 heavy (non-hydrogen) atoms. The average molecular weight is 322 g/mol.